The van der Waals surface area contributed by atoms with Gasteiger partial charge in [0, 0.05) is 18.6 Å². The first-order valence-electron chi connectivity index (χ1n) is 9.82. The Hall–Kier alpha value is -2.35. The molecule has 1 unspecified atom stereocenters. The Morgan fingerprint density at radius 2 is 1.90 bits per heavy atom. The highest BCUT2D eigenvalue weighted by atomic mass is 79.9. The van der Waals surface area contributed by atoms with Gasteiger partial charge in [-0.05, 0) is 52.9 Å². The quantitative estimate of drug-likeness (QED) is 0.527. The fourth-order valence-corrected chi connectivity index (χ4v) is 3.42. The van der Waals surface area contributed by atoms with E-state index < -0.39 is 6.04 Å². The number of halogens is 1. The highest BCUT2D eigenvalue weighted by molar-refractivity contribution is 9.10. The minimum Gasteiger partial charge on any atom is -0.393 e. The molecular formula is C21H31BrN6O. The van der Waals surface area contributed by atoms with Crippen molar-refractivity contribution in [3.8, 4) is 0 Å². The van der Waals surface area contributed by atoms with Gasteiger partial charge >= 0.3 is 0 Å². The Bertz CT molecular complexity index is 868. The normalized spacial score (nSPS) is 12.0. The highest BCUT2D eigenvalue weighted by Crippen LogP contribution is 2.33. The van der Waals surface area contributed by atoms with Crippen LogP contribution in [0.3, 0.4) is 0 Å². The van der Waals surface area contributed by atoms with Gasteiger partial charge in [-0.2, -0.15) is 0 Å². The van der Waals surface area contributed by atoms with Gasteiger partial charge in [0.25, 0.3) is 0 Å². The molecule has 7 nitrogen and oxygen atoms in total. The van der Waals surface area contributed by atoms with Crippen molar-refractivity contribution in [3.63, 3.8) is 0 Å². The largest absolute Gasteiger partial charge is 0.393 e. The molecular weight excluding hydrogens is 432 g/mol. The molecule has 2 rings (SSSR count). The van der Waals surface area contributed by atoms with Crippen molar-refractivity contribution in [2.24, 2.45) is 0 Å². The van der Waals surface area contributed by atoms with E-state index in [2.05, 4.69) is 62.5 Å². The number of nitrogens with zero attached hydrogens (tertiary/aromatic N) is 3. The summed E-state index contributed by atoms with van der Waals surface area (Å²) in [5.74, 6) is 1.96. The lowest BCUT2D eigenvalue weighted by molar-refractivity contribution is -0.129. The van der Waals surface area contributed by atoms with Gasteiger partial charge < -0.3 is 21.3 Å². The van der Waals surface area contributed by atoms with Crippen LogP contribution in [-0.4, -0.2) is 40.9 Å². The SMILES string of the molecule is CCCC(Nc1nc(C)nc(Nc2ccc(C(C)C)cc2Br)c1N)C(=O)N(C)C. The minimum absolute atomic E-state index is 0.0101. The van der Waals surface area contributed by atoms with Crippen LogP contribution in [0.4, 0.5) is 23.0 Å². The Labute approximate surface area is 181 Å². The molecule has 1 aromatic carbocycles. The average Bonchev–Trinajstić information content (AvgIpc) is 2.65. The molecule has 0 aliphatic rings. The lowest BCUT2D eigenvalue weighted by atomic mass is 10.0. The molecule has 0 spiro atoms. The Morgan fingerprint density at radius 3 is 2.45 bits per heavy atom. The summed E-state index contributed by atoms with van der Waals surface area (Å²) in [6, 6.07) is 5.77. The van der Waals surface area contributed by atoms with Crippen molar-refractivity contribution in [1.29, 1.82) is 0 Å². The number of amides is 1. The Balaban J connectivity index is 2.34. The summed E-state index contributed by atoms with van der Waals surface area (Å²) in [5.41, 5.74) is 8.83. The number of nitrogens with one attached hydrogen (secondary N) is 2. The van der Waals surface area contributed by atoms with Crippen LogP contribution in [-0.2, 0) is 4.79 Å². The number of nitrogens with two attached hydrogens (primary N) is 1. The highest BCUT2D eigenvalue weighted by Gasteiger charge is 2.22. The predicted molar refractivity (Wildman–Crippen MR) is 124 cm³/mol. The number of likely N-dealkylation sites (N-methyl/N-ethyl adjacent to an activating group) is 1. The van der Waals surface area contributed by atoms with Crippen LogP contribution in [0, 0.1) is 6.92 Å². The van der Waals surface area contributed by atoms with Crippen molar-refractivity contribution in [2.75, 3.05) is 30.5 Å². The van der Waals surface area contributed by atoms with Crippen LogP contribution >= 0.6 is 15.9 Å². The van der Waals surface area contributed by atoms with Crippen molar-refractivity contribution in [1.82, 2.24) is 14.9 Å². The summed E-state index contributed by atoms with van der Waals surface area (Å²) in [5, 5.41) is 6.50. The Kier molecular flexibility index (Phi) is 7.84. The van der Waals surface area contributed by atoms with Crippen LogP contribution in [0.1, 0.15) is 50.9 Å². The van der Waals surface area contributed by atoms with E-state index in [1.165, 1.54) is 5.56 Å². The molecule has 0 saturated carbocycles. The van der Waals surface area contributed by atoms with Crippen molar-refractivity contribution in [2.45, 2.75) is 52.5 Å². The summed E-state index contributed by atoms with van der Waals surface area (Å²) in [7, 11) is 3.49. The van der Waals surface area contributed by atoms with E-state index >= 15 is 0 Å². The fraction of sp³-hybridized carbons (Fsp3) is 0.476. The van der Waals surface area contributed by atoms with Gasteiger partial charge in [0.05, 0.1) is 5.69 Å². The third-order valence-electron chi connectivity index (χ3n) is 4.60. The number of carbonyl (C=O) groups excluding carboxylic acids is 1. The maximum Gasteiger partial charge on any atom is 0.244 e. The smallest absolute Gasteiger partial charge is 0.244 e. The molecule has 0 aliphatic heterocycles. The number of aryl methyl sites for hydroxylation is 1. The molecule has 0 fully saturated rings. The number of rotatable bonds is 8. The molecule has 0 aliphatic carbocycles. The second-order valence-electron chi connectivity index (χ2n) is 7.62. The molecule has 2 aromatic rings. The van der Waals surface area contributed by atoms with Crippen LogP contribution in [0.2, 0.25) is 0 Å². The lowest BCUT2D eigenvalue weighted by Crippen LogP contribution is -2.39. The first kappa shape index (κ1) is 22.9. The molecule has 0 saturated heterocycles. The van der Waals surface area contributed by atoms with E-state index in [-0.39, 0.29) is 5.91 Å². The molecule has 0 bridgehead atoms. The standard InChI is InChI=1S/C21H31BrN6O/c1-7-8-17(21(29)28(5)6)27-20-18(23)19(24-13(4)25-20)26-16-10-9-14(12(2)3)11-15(16)22/h9-12,17H,7-8,23H2,1-6H3,(H2,24,25,26,27). The fourth-order valence-electron chi connectivity index (χ4n) is 2.93. The molecule has 4 N–H and O–H groups in total. The van der Waals surface area contributed by atoms with Crippen LogP contribution < -0.4 is 16.4 Å². The van der Waals surface area contributed by atoms with Crippen LogP contribution in [0.5, 0.6) is 0 Å². The van der Waals surface area contributed by atoms with E-state index in [4.69, 9.17) is 5.73 Å². The minimum atomic E-state index is -0.392. The van der Waals surface area contributed by atoms with Gasteiger partial charge in [0.2, 0.25) is 5.91 Å². The van der Waals surface area contributed by atoms with E-state index in [1.807, 2.05) is 13.0 Å². The third kappa shape index (κ3) is 5.82. The topological polar surface area (TPSA) is 96.2 Å². The zero-order valence-corrected chi connectivity index (χ0v) is 19.6. The van der Waals surface area contributed by atoms with Crippen LogP contribution in [0.25, 0.3) is 0 Å². The molecule has 0 radical (unpaired) electrons. The average molecular weight is 463 g/mol. The lowest BCUT2D eigenvalue weighted by Gasteiger charge is -2.23. The van der Waals surface area contributed by atoms with E-state index in [0.717, 1.165) is 16.6 Å². The molecule has 1 amide bonds. The monoisotopic (exact) mass is 462 g/mol. The summed E-state index contributed by atoms with van der Waals surface area (Å²) in [4.78, 5) is 23.0. The second-order valence-corrected chi connectivity index (χ2v) is 8.47. The second kappa shape index (κ2) is 9.91. The zero-order chi connectivity index (χ0) is 21.7. The number of carbonyl (C=O) groups is 1. The van der Waals surface area contributed by atoms with Crippen molar-refractivity contribution in [3.05, 3.63) is 34.1 Å². The number of nitrogen functional groups attached to an aromatic ring is 1. The molecule has 1 atom stereocenters. The number of aromatic nitrogens is 2. The number of benzene rings is 1. The Morgan fingerprint density at radius 1 is 1.24 bits per heavy atom. The van der Waals surface area contributed by atoms with Gasteiger partial charge in [-0.25, -0.2) is 9.97 Å². The third-order valence-corrected chi connectivity index (χ3v) is 5.25. The molecule has 29 heavy (non-hydrogen) atoms. The van der Waals surface area contributed by atoms with E-state index in [1.54, 1.807) is 25.9 Å². The first-order valence-corrected chi connectivity index (χ1v) is 10.6. The van der Waals surface area contributed by atoms with Crippen molar-refractivity contribution >= 4 is 44.8 Å². The predicted octanol–water partition coefficient (Wildman–Crippen LogP) is 4.67. The van der Waals surface area contributed by atoms with E-state index in [0.29, 0.717) is 35.5 Å². The molecule has 1 aromatic heterocycles. The number of anilines is 4. The van der Waals surface area contributed by atoms with Gasteiger partial charge in [0.15, 0.2) is 11.6 Å². The van der Waals surface area contributed by atoms with Crippen molar-refractivity contribution < 1.29 is 4.79 Å². The maximum atomic E-state index is 12.5. The summed E-state index contributed by atoms with van der Waals surface area (Å²) < 4.78 is 0.931. The van der Waals surface area contributed by atoms with E-state index in [9.17, 15) is 4.79 Å². The summed E-state index contributed by atoms with van der Waals surface area (Å²) in [6.45, 7) is 8.15. The van der Waals surface area contributed by atoms with Gasteiger partial charge in [-0.1, -0.05) is 33.3 Å². The first-order chi connectivity index (χ1) is 13.6. The summed E-state index contributed by atoms with van der Waals surface area (Å²) >= 11 is 3.62. The zero-order valence-electron chi connectivity index (χ0n) is 18.0. The molecule has 1 heterocycles. The summed E-state index contributed by atoms with van der Waals surface area (Å²) in [6.07, 6.45) is 1.55. The number of hydrogen-bond acceptors (Lipinski definition) is 6. The van der Waals surface area contributed by atoms with Gasteiger partial charge in [0.1, 0.15) is 17.6 Å². The van der Waals surface area contributed by atoms with Gasteiger partial charge in [-0.15, -0.1) is 0 Å². The van der Waals surface area contributed by atoms with Crippen LogP contribution in [0.15, 0.2) is 22.7 Å². The molecule has 8 heteroatoms. The number of hydrogen-bond donors (Lipinski definition) is 3. The van der Waals surface area contributed by atoms with Gasteiger partial charge in [-0.3, -0.25) is 4.79 Å². The molecule has 158 valence electrons. The maximum absolute atomic E-state index is 12.5.